The molecule has 0 spiro atoms. The maximum absolute atomic E-state index is 12.7. The van der Waals surface area contributed by atoms with Crippen LogP contribution >= 0.6 is 36.6 Å². The molecule has 2 aliphatic rings. The Hall–Kier alpha value is -1.02. The summed E-state index contributed by atoms with van der Waals surface area (Å²) in [4.78, 5) is 31.5. The fourth-order valence-corrected chi connectivity index (χ4v) is 4.29. The zero-order valence-corrected chi connectivity index (χ0v) is 17.9. The monoisotopic (exact) mass is 434 g/mol. The first-order valence-corrected chi connectivity index (χ1v) is 9.95. The minimum atomic E-state index is -0.238. The molecule has 3 rings (SSSR count). The van der Waals surface area contributed by atoms with Gasteiger partial charge < -0.3 is 15.5 Å². The van der Waals surface area contributed by atoms with Crippen molar-refractivity contribution in [2.45, 2.75) is 48.9 Å². The number of thioether (sulfide) groups is 1. The van der Waals surface area contributed by atoms with E-state index in [1.165, 1.54) is 11.8 Å². The lowest BCUT2D eigenvalue weighted by Gasteiger charge is -2.24. The van der Waals surface area contributed by atoms with E-state index in [-0.39, 0.29) is 47.9 Å². The van der Waals surface area contributed by atoms with Gasteiger partial charge in [0.05, 0.1) is 10.8 Å². The second-order valence-electron chi connectivity index (χ2n) is 6.65. The van der Waals surface area contributed by atoms with Crippen molar-refractivity contribution in [1.29, 1.82) is 0 Å². The minimum Gasteiger partial charge on any atom is -0.349 e. The molecule has 1 aromatic rings. The van der Waals surface area contributed by atoms with Crippen LogP contribution in [-0.2, 0) is 4.79 Å². The number of nitrogens with one attached hydrogen (secondary N) is 2. The molecule has 1 aromatic heterocycles. The molecule has 1 unspecified atom stereocenters. The highest BCUT2D eigenvalue weighted by atomic mass is 35.5. The van der Waals surface area contributed by atoms with E-state index in [2.05, 4.69) is 15.6 Å². The zero-order chi connectivity index (χ0) is 17.6. The number of carbonyl (C=O) groups is 2. The van der Waals surface area contributed by atoms with E-state index in [1.807, 2.05) is 11.8 Å². The van der Waals surface area contributed by atoms with Crippen LogP contribution in [0.1, 0.15) is 43.0 Å². The summed E-state index contributed by atoms with van der Waals surface area (Å²) in [5.41, 5.74) is 0.562. The van der Waals surface area contributed by atoms with Crippen molar-refractivity contribution in [1.82, 2.24) is 20.5 Å². The number of rotatable bonds is 5. The van der Waals surface area contributed by atoms with Gasteiger partial charge in [0.25, 0.3) is 5.91 Å². The molecule has 3 heterocycles. The van der Waals surface area contributed by atoms with Crippen molar-refractivity contribution < 1.29 is 9.59 Å². The molecule has 2 amide bonds. The van der Waals surface area contributed by atoms with E-state index < -0.39 is 0 Å². The van der Waals surface area contributed by atoms with Gasteiger partial charge in [0, 0.05) is 25.3 Å². The number of carbonyl (C=O) groups excluding carboxylic acids is 2. The zero-order valence-electron chi connectivity index (χ0n) is 15.5. The van der Waals surface area contributed by atoms with E-state index in [1.54, 1.807) is 18.3 Å². The Morgan fingerprint density at radius 2 is 1.93 bits per heavy atom. The Labute approximate surface area is 177 Å². The summed E-state index contributed by atoms with van der Waals surface area (Å²) in [6.07, 6.45) is 5.72. The third-order valence-corrected chi connectivity index (χ3v) is 5.85. The molecule has 2 aliphatic heterocycles. The summed E-state index contributed by atoms with van der Waals surface area (Å²) < 4.78 is 0. The summed E-state index contributed by atoms with van der Waals surface area (Å²) in [7, 11) is 0. The number of piperidine rings is 1. The number of pyridine rings is 1. The number of nitrogens with zero attached hydrogens (tertiary/aromatic N) is 2. The highest BCUT2D eigenvalue weighted by Crippen LogP contribution is 2.27. The average molecular weight is 435 g/mol. The van der Waals surface area contributed by atoms with Crippen molar-refractivity contribution >= 4 is 48.4 Å². The van der Waals surface area contributed by atoms with Crippen molar-refractivity contribution in [3.63, 3.8) is 0 Å². The normalized spacial score (nSPS) is 18.2. The van der Waals surface area contributed by atoms with E-state index in [9.17, 15) is 9.59 Å². The van der Waals surface area contributed by atoms with E-state index in [0.29, 0.717) is 10.6 Å². The number of likely N-dealkylation sites (tertiary alicyclic amines) is 1. The number of aromatic nitrogens is 1. The van der Waals surface area contributed by atoms with Gasteiger partial charge in [-0.25, -0.2) is 4.98 Å². The number of hydrogen-bond acceptors (Lipinski definition) is 5. The predicted molar refractivity (Wildman–Crippen MR) is 113 cm³/mol. The van der Waals surface area contributed by atoms with Gasteiger partial charge in [-0.2, -0.15) is 0 Å². The number of halogens is 2. The molecule has 0 saturated carbocycles. The molecular formula is C18H28Cl2N4O2S. The van der Waals surface area contributed by atoms with Crippen molar-refractivity contribution in [2.75, 3.05) is 26.2 Å². The molecular weight excluding hydrogens is 407 g/mol. The smallest absolute Gasteiger partial charge is 0.254 e. The first kappa shape index (κ1) is 24.0. The first-order valence-electron chi connectivity index (χ1n) is 9.07. The second kappa shape index (κ2) is 11.7. The Morgan fingerprint density at radius 3 is 2.59 bits per heavy atom. The summed E-state index contributed by atoms with van der Waals surface area (Å²) in [6.45, 7) is 5.44. The highest BCUT2D eigenvalue weighted by molar-refractivity contribution is 8.00. The van der Waals surface area contributed by atoms with Crippen LogP contribution in [-0.4, -0.2) is 59.2 Å². The summed E-state index contributed by atoms with van der Waals surface area (Å²) in [6, 6.07) is 3.77. The first-order chi connectivity index (χ1) is 12.1. The van der Waals surface area contributed by atoms with Gasteiger partial charge in [-0.3, -0.25) is 9.59 Å². The Balaban J connectivity index is 0.00000182. The average Bonchev–Trinajstić information content (AvgIpc) is 3.17. The van der Waals surface area contributed by atoms with Crippen LogP contribution in [0.25, 0.3) is 0 Å². The van der Waals surface area contributed by atoms with Crippen LogP contribution in [0.2, 0.25) is 0 Å². The second-order valence-corrected chi connectivity index (χ2v) is 7.98. The molecule has 2 saturated heterocycles. The molecule has 0 aromatic carbocycles. The molecule has 6 nitrogen and oxygen atoms in total. The SMILES string of the molecule is CC(Sc1ncccc1C(=O)NC1CCNCC1)C(=O)N1CCCC1.Cl.Cl. The van der Waals surface area contributed by atoms with Gasteiger partial charge in [0.1, 0.15) is 5.03 Å². The molecule has 27 heavy (non-hydrogen) atoms. The maximum Gasteiger partial charge on any atom is 0.254 e. The number of amides is 2. The molecule has 0 aliphatic carbocycles. The van der Waals surface area contributed by atoms with Crippen molar-refractivity contribution in [3.8, 4) is 0 Å². The topological polar surface area (TPSA) is 74.3 Å². The lowest BCUT2D eigenvalue weighted by molar-refractivity contribution is -0.129. The van der Waals surface area contributed by atoms with Gasteiger partial charge >= 0.3 is 0 Å². The van der Waals surface area contributed by atoms with E-state index >= 15 is 0 Å². The van der Waals surface area contributed by atoms with Crippen LogP contribution in [0.4, 0.5) is 0 Å². The molecule has 0 radical (unpaired) electrons. The molecule has 2 fully saturated rings. The lowest BCUT2D eigenvalue weighted by Crippen LogP contribution is -2.42. The molecule has 1 atom stereocenters. The summed E-state index contributed by atoms with van der Waals surface area (Å²) in [5, 5.41) is 6.80. The molecule has 2 N–H and O–H groups in total. The van der Waals surface area contributed by atoms with Crippen LogP contribution in [0.15, 0.2) is 23.4 Å². The Morgan fingerprint density at radius 1 is 1.26 bits per heavy atom. The van der Waals surface area contributed by atoms with Gasteiger partial charge in [-0.05, 0) is 57.8 Å². The molecule has 9 heteroatoms. The predicted octanol–water partition coefficient (Wildman–Crippen LogP) is 2.51. The number of hydrogen-bond donors (Lipinski definition) is 2. The molecule has 152 valence electrons. The Bertz CT molecular complexity index is 623. The van der Waals surface area contributed by atoms with Crippen LogP contribution in [0.5, 0.6) is 0 Å². The minimum absolute atomic E-state index is 0. The fourth-order valence-electron chi connectivity index (χ4n) is 3.30. The van der Waals surface area contributed by atoms with Gasteiger partial charge in [0.15, 0.2) is 0 Å². The van der Waals surface area contributed by atoms with Gasteiger partial charge in [-0.15, -0.1) is 24.8 Å². The quantitative estimate of drug-likeness (QED) is 0.696. The Kier molecular flexibility index (Phi) is 10.4. The van der Waals surface area contributed by atoms with Crippen LogP contribution in [0, 0.1) is 0 Å². The third-order valence-electron chi connectivity index (χ3n) is 4.74. The summed E-state index contributed by atoms with van der Waals surface area (Å²) >= 11 is 1.38. The standard InChI is InChI=1S/C18H26N4O2S.2ClH/c1-13(18(24)22-11-2-3-12-22)25-17-15(5-4-8-20-17)16(23)21-14-6-9-19-10-7-14;;/h4-5,8,13-14,19H,2-3,6-7,9-12H2,1H3,(H,21,23);2*1H. The third kappa shape index (κ3) is 6.52. The summed E-state index contributed by atoms with van der Waals surface area (Å²) in [5.74, 6) is 0.0428. The molecule has 0 bridgehead atoms. The van der Waals surface area contributed by atoms with E-state index in [4.69, 9.17) is 0 Å². The van der Waals surface area contributed by atoms with Crippen LogP contribution in [0.3, 0.4) is 0 Å². The van der Waals surface area contributed by atoms with Crippen LogP contribution < -0.4 is 10.6 Å². The van der Waals surface area contributed by atoms with Gasteiger partial charge in [0.2, 0.25) is 5.91 Å². The van der Waals surface area contributed by atoms with Crippen molar-refractivity contribution in [3.05, 3.63) is 23.9 Å². The maximum atomic E-state index is 12.7. The lowest BCUT2D eigenvalue weighted by atomic mass is 10.1. The van der Waals surface area contributed by atoms with Crippen molar-refractivity contribution in [2.24, 2.45) is 0 Å². The van der Waals surface area contributed by atoms with E-state index in [0.717, 1.165) is 51.9 Å². The van der Waals surface area contributed by atoms with Gasteiger partial charge in [-0.1, -0.05) is 11.8 Å². The fraction of sp³-hybridized carbons (Fsp3) is 0.611. The largest absolute Gasteiger partial charge is 0.349 e. The highest BCUT2D eigenvalue weighted by Gasteiger charge is 2.26.